The maximum Gasteiger partial charge on any atom is 0.410 e. The number of ether oxygens (including phenoxy) is 2. The molecule has 0 aromatic heterocycles. The molecule has 1 atom stereocenters. The summed E-state index contributed by atoms with van der Waals surface area (Å²) in [6.07, 6.45) is 2.11. The number of aliphatic imine (C=N–C) groups is 1. The lowest BCUT2D eigenvalue weighted by Gasteiger charge is -2.37. The van der Waals surface area contributed by atoms with Crippen LogP contribution < -0.4 is 5.32 Å². The third kappa shape index (κ3) is 7.34. The Bertz CT molecular complexity index is 591. The zero-order valence-corrected chi connectivity index (χ0v) is 19.3. The van der Waals surface area contributed by atoms with Crippen molar-refractivity contribution in [2.24, 2.45) is 4.99 Å². The molecular formula is C21H39N5O4. The average Bonchev–Trinajstić information content (AvgIpc) is 3.23. The van der Waals surface area contributed by atoms with Crippen LogP contribution in [0.15, 0.2) is 4.99 Å². The highest BCUT2D eigenvalue weighted by Crippen LogP contribution is 2.16. The molecule has 2 amide bonds. The zero-order valence-electron chi connectivity index (χ0n) is 19.3. The summed E-state index contributed by atoms with van der Waals surface area (Å²) in [6.45, 7) is 12.9. The Kier molecular flexibility index (Phi) is 9.20. The summed E-state index contributed by atoms with van der Waals surface area (Å²) in [6, 6.07) is 0. The SMILES string of the molecule is CCCN(CCNC(=NC)N1CCN(C(=O)C2CCCO2)CC1)C(=O)OC(C)(C)C. The van der Waals surface area contributed by atoms with Gasteiger partial charge in [-0.3, -0.25) is 9.79 Å². The number of guanidine groups is 1. The van der Waals surface area contributed by atoms with Gasteiger partial charge in [0.05, 0.1) is 0 Å². The maximum atomic E-state index is 12.5. The first-order valence-electron chi connectivity index (χ1n) is 11.1. The summed E-state index contributed by atoms with van der Waals surface area (Å²) < 4.78 is 11.0. The van der Waals surface area contributed by atoms with Crippen molar-refractivity contribution < 1.29 is 19.1 Å². The first-order valence-corrected chi connectivity index (χ1v) is 11.1. The predicted molar refractivity (Wildman–Crippen MR) is 117 cm³/mol. The first kappa shape index (κ1) is 24.2. The van der Waals surface area contributed by atoms with E-state index in [9.17, 15) is 9.59 Å². The molecule has 2 fully saturated rings. The fourth-order valence-corrected chi connectivity index (χ4v) is 3.64. The van der Waals surface area contributed by atoms with Crippen LogP contribution in [0.5, 0.6) is 0 Å². The van der Waals surface area contributed by atoms with Crippen LogP contribution in [0.2, 0.25) is 0 Å². The lowest BCUT2D eigenvalue weighted by molar-refractivity contribution is -0.142. The minimum atomic E-state index is -0.507. The Hall–Kier alpha value is -2.03. The van der Waals surface area contributed by atoms with Crippen LogP contribution in [0.4, 0.5) is 4.79 Å². The molecule has 9 nitrogen and oxygen atoms in total. The molecule has 0 saturated carbocycles. The predicted octanol–water partition coefficient (Wildman–Crippen LogP) is 1.53. The van der Waals surface area contributed by atoms with Crippen LogP contribution in [-0.4, -0.2) is 104 Å². The van der Waals surface area contributed by atoms with E-state index in [4.69, 9.17) is 9.47 Å². The number of nitrogens with zero attached hydrogens (tertiary/aromatic N) is 4. The molecule has 2 aliphatic heterocycles. The van der Waals surface area contributed by atoms with Crippen LogP contribution in [0.3, 0.4) is 0 Å². The Morgan fingerprint density at radius 1 is 1.17 bits per heavy atom. The molecule has 2 saturated heterocycles. The smallest absolute Gasteiger partial charge is 0.410 e. The van der Waals surface area contributed by atoms with E-state index in [0.29, 0.717) is 39.3 Å². The third-order valence-corrected chi connectivity index (χ3v) is 5.12. The van der Waals surface area contributed by atoms with Crippen molar-refractivity contribution in [2.75, 3.05) is 59.5 Å². The summed E-state index contributed by atoms with van der Waals surface area (Å²) in [5.74, 6) is 0.905. The van der Waals surface area contributed by atoms with Gasteiger partial charge in [-0.25, -0.2) is 4.79 Å². The van der Waals surface area contributed by atoms with Gasteiger partial charge in [0.1, 0.15) is 11.7 Å². The van der Waals surface area contributed by atoms with E-state index >= 15 is 0 Å². The number of carbonyl (C=O) groups excluding carboxylic acids is 2. The molecule has 0 aliphatic carbocycles. The van der Waals surface area contributed by atoms with Crippen molar-refractivity contribution in [1.82, 2.24) is 20.0 Å². The summed E-state index contributed by atoms with van der Waals surface area (Å²) in [7, 11) is 1.75. The Balaban J connectivity index is 1.78. The van der Waals surface area contributed by atoms with Gasteiger partial charge in [-0.2, -0.15) is 0 Å². The van der Waals surface area contributed by atoms with Crippen molar-refractivity contribution in [1.29, 1.82) is 0 Å². The molecule has 172 valence electrons. The molecular weight excluding hydrogens is 386 g/mol. The molecule has 9 heteroatoms. The van der Waals surface area contributed by atoms with Gasteiger partial charge in [0.15, 0.2) is 5.96 Å². The highest BCUT2D eigenvalue weighted by Gasteiger charge is 2.31. The third-order valence-electron chi connectivity index (χ3n) is 5.12. The normalized spacial score (nSPS) is 20.3. The lowest BCUT2D eigenvalue weighted by atomic mass is 10.2. The second-order valence-corrected chi connectivity index (χ2v) is 8.76. The van der Waals surface area contributed by atoms with E-state index in [1.54, 1.807) is 11.9 Å². The molecule has 0 aromatic rings. The van der Waals surface area contributed by atoms with Crippen molar-refractivity contribution >= 4 is 18.0 Å². The first-order chi connectivity index (χ1) is 14.2. The van der Waals surface area contributed by atoms with E-state index in [1.807, 2.05) is 32.6 Å². The highest BCUT2D eigenvalue weighted by atomic mass is 16.6. The van der Waals surface area contributed by atoms with Gasteiger partial charge in [0.2, 0.25) is 0 Å². The number of nitrogens with one attached hydrogen (secondary N) is 1. The van der Waals surface area contributed by atoms with Crippen LogP contribution in [0, 0.1) is 0 Å². The van der Waals surface area contributed by atoms with Gasteiger partial charge in [0, 0.05) is 59.5 Å². The number of hydrogen-bond donors (Lipinski definition) is 1. The molecule has 0 radical (unpaired) electrons. The minimum Gasteiger partial charge on any atom is -0.444 e. The molecule has 0 spiro atoms. The molecule has 1 unspecified atom stereocenters. The quantitative estimate of drug-likeness (QED) is 0.513. The zero-order chi connectivity index (χ0) is 22.1. The number of carbonyl (C=O) groups is 2. The molecule has 30 heavy (non-hydrogen) atoms. The summed E-state index contributed by atoms with van der Waals surface area (Å²) in [5.41, 5.74) is -0.507. The van der Waals surface area contributed by atoms with Crippen LogP contribution >= 0.6 is 0 Å². The number of amides is 2. The van der Waals surface area contributed by atoms with E-state index < -0.39 is 5.60 Å². The minimum absolute atomic E-state index is 0.114. The number of piperazine rings is 1. The van der Waals surface area contributed by atoms with Crippen LogP contribution in [0.1, 0.15) is 47.0 Å². The van der Waals surface area contributed by atoms with E-state index in [1.165, 1.54) is 0 Å². The van der Waals surface area contributed by atoms with Crippen LogP contribution in [-0.2, 0) is 14.3 Å². The highest BCUT2D eigenvalue weighted by molar-refractivity contribution is 5.82. The monoisotopic (exact) mass is 425 g/mol. The molecule has 2 heterocycles. The fraction of sp³-hybridized carbons (Fsp3) is 0.857. The number of rotatable bonds is 6. The maximum absolute atomic E-state index is 12.5. The topological polar surface area (TPSA) is 86.7 Å². The van der Waals surface area contributed by atoms with Gasteiger partial charge < -0.3 is 29.5 Å². The van der Waals surface area contributed by atoms with Crippen molar-refractivity contribution in [3.05, 3.63) is 0 Å². The summed E-state index contributed by atoms with van der Waals surface area (Å²) in [4.78, 5) is 35.0. The van der Waals surface area contributed by atoms with Crippen molar-refractivity contribution in [2.45, 2.75) is 58.7 Å². The van der Waals surface area contributed by atoms with E-state index in [-0.39, 0.29) is 18.1 Å². The standard InChI is InChI=1S/C21H39N5O4/c1-6-10-26(20(28)30-21(2,3)4)11-9-23-19(22-5)25-14-12-24(13-15-25)18(27)17-8-7-16-29-17/h17H,6-16H2,1-5H3,(H,22,23). The van der Waals surface area contributed by atoms with Gasteiger partial charge in [-0.05, 0) is 40.0 Å². The Morgan fingerprint density at radius 3 is 2.37 bits per heavy atom. The number of hydrogen-bond acceptors (Lipinski definition) is 5. The lowest BCUT2D eigenvalue weighted by Crippen LogP contribution is -2.55. The molecule has 1 N–H and O–H groups in total. The van der Waals surface area contributed by atoms with Gasteiger partial charge in [-0.15, -0.1) is 0 Å². The molecule has 2 aliphatic rings. The van der Waals surface area contributed by atoms with Gasteiger partial charge in [0.25, 0.3) is 5.91 Å². The second kappa shape index (κ2) is 11.4. The van der Waals surface area contributed by atoms with Crippen molar-refractivity contribution in [3.63, 3.8) is 0 Å². The molecule has 0 bridgehead atoms. The average molecular weight is 426 g/mol. The fourth-order valence-electron chi connectivity index (χ4n) is 3.64. The Morgan fingerprint density at radius 2 is 1.83 bits per heavy atom. The van der Waals surface area contributed by atoms with Gasteiger partial charge in [-0.1, -0.05) is 6.92 Å². The second-order valence-electron chi connectivity index (χ2n) is 8.76. The summed E-state index contributed by atoms with van der Waals surface area (Å²) >= 11 is 0. The van der Waals surface area contributed by atoms with Crippen LogP contribution in [0.25, 0.3) is 0 Å². The molecule has 0 aromatic carbocycles. The molecule has 2 rings (SSSR count). The van der Waals surface area contributed by atoms with Crippen molar-refractivity contribution in [3.8, 4) is 0 Å². The van der Waals surface area contributed by atoms with Gasteiger partial charge >= 0.3 is 6.09 Å². The van der Waals surface area contributed by atoms with E-state index in [2.05, 4.69) is 15.2 Å². The summed E-state index contributed by atoms with van der Waals surface area (Å²) in [5, 5.41) is 3.34. The Labute approximate surface area is 180 Å². The van der Waals surface area contributed by atoms with E-state index in [0.717, 1.165) is 38.3 Å². The largest absolute Gasteiger partial charge is 0.444 e.